The Morgan fingerprint density at radius 3 is 2.41 bits per heavy atom. The lowest BCUT2D eigenvalue weighted by molar-refractivity contribution is 0.355. The van der Waals surface area contributed by atoms with E-state index in [2.05, 4.69) is 4.99 Å². The van der Waals surface area contributed by atoms with Gasteiger partial charge in [0.2, 0.25) is 0 Å². The molecule has 116 valence electrons. The third kappa shape index (κ3) is 3.17. The van der Waals surface area contributed by atoms with Crippen LogP contribution < -0.4 is 9.47 Å². The first-order valence-corrected chi connectivity index (χ1v) is 7.10. The Labute approximate surface area is 135 Å². The average Bonchev–Trinajstić information content (AvgIpc) is 2.52. The molecule has 2 aromatic carbocycles. The standard InChI is InChI=1S/C17H18ClNO3/c1-10-7-14(20)13(11(2)17(10)18)9-19-12-5-6-15(21-3)16(8-12)22-4/h5-9,20H,1-4H3. The first-order valence-electron chi connectivity index (χ1n) is 6.72. The van der Waals surface area contributed by atoms with E-state index in [-0.39, 0.29) is 5.75 Å². The molecule has 4 nitrogen and oxygen atoms in total. The van der Waals surface area contributed by atoms with Crippen LogP contribution in [0.25, 0.3) is 0 Å². The number of hydrogen-bond acceptors (Lipinski definition) is 4. The number of methoxy groups -OCH3 is 2. The predicted octanol–water partition coefficient (Wildman–Crippen LogP) is 4.43. The summed E-state index contributed by atoms with van der Waals surface area (Å²) < 4.78 is 10.4. The van der Waals surface area contributed by atoms with Gasteiger partial charge in [0.05, 0.1) is 19.9 Å². The summed E-state index contributed by atoms with van der Waals surface area (Å²) in [5.41, 5.74) is 2.92. The third-order valence-electron chi connectivity index (χ3n) is 3.42. The van der Waals surface area contributed by atoms with E-state index < -0.39 is 0 Å². The van der Waals surface area contributed by atoms with Crippen molar-refractivity contribution in [1.82, 2.24) is 0 Å². The molecule has 0 aliphatic heterocycles. The Kier molecular flexibility index (Phi) is 4.93. The monoisotopic (exact) mass is 319 g/mol. The Bertz CT molecular complexity index is 726. The van der Waals surface area contributed by atoms with Crippen LogP contribution in [0.15, 0.2) is 29.3 Å². The zero-order valence-corrected chi connectivity index (χ0v) is 13.7. The zero-order valence-electron chi connectivity index (χ0n) is 13.0. The molecule has 0 bridgehead atoms. The van der Waals surface area contributed by atoms with Crippen molar-refractivity contribution in [2.24, 2.45) is 4.99 Å². The summed E-state index contributed by atoms with van der Waals surface area (Å²) >= 11 is 6.21. The van der Waals surface area contributed by atoms with Gasteiger partial charge >= 0.3 is 0 Å². The van der Waals surface area contributed by atoms with E-state index in [1.54, 1.807) is 44.7 Å². The normalized spacial score (nSPS) is 11.0. The molecule has 0 unspecified atom stereocenters. The number of aryl methyl sites for hydroxylation is 1. The molecule has 0 radical (unpaired) electrons. The minimum atomic E-state index is 0.156. The van der Waals surface area contributed by atoms with E-state index in [0.717, 1.165) is 11.1 Å². The van der Waals surface area contributed by atoms with Gasteiger partial charge in [-0.2, -0.15) is 0 Å². The van der Waals surface area contributed by atoms with Gasteiger partial charge in [-0.3, -0.25) is 4.99 Å². The number of ether oxygens (including phenoxy) is 2. The molecule has 0 heterocycles. The molecule has 0 aliphatic rings. The highest BCUT2D eigenvalue weighted by Crippen LogP contribution is 2.32. The topological polar surface area (TPSA) is 51.0 Å². The van der Waals surface area contributed by atoms with Gasteiger partial charge in [-0.1, -0.05) is 11.6 Å². The van der Waals surface area contributed by atoms with Crippen LogP contribution in [0.3, 0.4) is 0 Å². The number of benzene rings is 2. The lowest BCUT2D eigenvalue weighted by Crippen LogP contribution is -1.92. The molecule has 0 atom stereocenters. The Balaban J connectivity index is 2.39. The van der Waals surface area contributed by atoms with Crippen molar-refractivity contribution in [3.05, 3.63) is 46.0 Å². The number of halogens is 1. The molecule has 1 N–H and O–H groups in total. The van der Waals surface area contributed by atoms with Crippen molar-refractivity contribution < 1.29 is 14.6 Å². The number of hydrogen-bond donors (Lipinski definition) is 1. The second kappa shape index (κ2) is 6.71. The third-order valence-corrected chi connectivity index (χ3v) is 4.00. The van der Waals surface area contributed by atoms with E-state index in [0.29, 0.717) is 27.8 Å². The average molecular weight is 320 g/mol. The highest BCUT2D eigenvalue weighted by Gasteiger charge is 2.10. The summed E-state index contributed by atoms with van der Waals surface area (Å²) in [6.07, 6.45) is 1.59. The number of phenols is 1. The molecule has 0 saturated heterocycles. The van der Waals surface area contributed by atoms with Crippen LogP contribution in [0.2, 0.25) is 5.02 Å². The van der Waals surface area contributed by atoms with Gasteiger partial charge in [-0.15, -0.1) is 0 Å². The summed E-state index contributed by atoms with van der Waals surface area (Å²) in [7, 11) is 3.15. The highest BCUT2D eigenvalue weighted by atomic mass is 35.5. The molecule has 2 rings (SSSR count). The van der Waals surface area contributed by atoms with Crippen molar-refractivity contribution in [2.75, 3.05) is 14.2 Å². The van der Waals surface area contributed by atoms with E-state index in [1.165, 1.54) is 0 Å². The zero-order chi connectivity index (χ0) is 16.3. The highest BCUT2D eigenvalue weighted by molar-refractivity contribution is 6.32. The predicted molar refractivity (Wildman–Crippen MR) is 89.4 cm³/mol. The molecular weight excluding hydrogens is 302 g/mol. The van der Waals surface area contributed by atoms with Gasteiger partial charge < -0.3 is 14.6 Å². The molecule has 0 fully saturated rings. The molecule has 0 amide bonds. The fourth-order valence-corrected chi connectivity index (χ4v) is 2.32. The minimum absolute atomic E-state index is 0.156. The van der Waals surface area contributed by atoms with Crippen LogP contribution in [0, 0.1) is 13.8 Å². The smallest absolute Gasteiger partial charge is 0.162 e. The van der Waals surface area contributed by atoms with Crippen molar-refractivity contribution in [3.8, 4) is 17.2 Å². The van der Waals surface area contributed by atoms with E-state index in [1.807, 2.05) is 13.8 Å². The maximum absolute atomic E-state index is 10.1. The second-order valence-electron chi connectivity index (χ2n) is 4.86. The van der Waals surface area contributed by atoms with Gasteiger partial charge in [0, 0.05) is 22.9 Å². The molecule has 0 aliphatic carbocycles. The SMILES string of the molecule is COc1ccc(N=Cc2c(O)cc(C)c(Cl)c2C)cc1OC. The maximum Gasteiger partial charge on any atom is 0.162 e. The van der Waals surface area contributed by atoms with Gasteiger partial charge in [0.25, 0.3) is 0 Å². The lowest BCUT2D eigenvalue weighted by Gasteiger charge is -2.09. The largest absolute Gasteiger partial charge is 0.507 e. The summed E-state index contributed by atoms with van der Waals surface area (Å²) in [6.45, 7) is 3.70. The van der Waals surface area contributed by atoms with Gasteiger partial charge in [0.1, 0.15) is 5.75 Å². The van der Waals surface area contributed by atoms with Crippen LogP contribution in [0.4, 0.5) is 5.69 Å². The summed E-state index contributed by atoms with van der Waals surface area (Å²) in [5.74, 6) is 1.39. The van der Waals surface area contributed by atoms with Crippen LogP contribution in [-0.4, -0.2) is 25.5 Å². The lowest BCUT2D eigenvalue weighted by atomic mass is 10.0. The van der Waals surface area contributed by atoms with Gasteiger partial charge in [-0.25, -0.2) is 0 Å². The first-order chi connectivity index (χ1) is 10.5. The quantitative estimate of drug-likeness (QED) is 0.848. The molecule has 0 saturated carbocycles. The minimum Gasteiger partial charge on any atom is -0.507 e. The molecule has 2 aromatic rings. The summed E-state index contributed by atoms with van der Waals surface area (Å²) in [6, 6.07) is 6.98. The Hall–Kier alpha value is -2.20. The molecule has 5 heteroatoms. The fourth-order valence-electron chi connectivity index (χ4n) is 2.16. The molecule has 0 spiro atoms. The number of phenolic OH excluding ortho intramolecular Hbond substituents is 1. The number of nitrogens with zero attached hydrogens (tertiary/aromatic N) is 1. The summed E-state index contributed by atoms with van der Waals surface area (Å²) in [5, 5.41) is 10.7. The number of aliphatic imine (C=N–C) groups is 1. The van der Waals surface area contributed by atoms with Crippen LogP contribution >= 0.6 is 11.6 Å². The van der Waals surface area contributed by atoms with Crippen molar-refractivity contribution >= 4 is 23.5 Å². The fraction of sp³-hybridized carbons (Fsp3) is 0.235. The second-order valence-corrected chi connectivity index (χ2v) is 5.24. The van der Waals surface area contributed by atoms with Crippen molar-refractivity contribution in [2.45, 2.75) is 13.8 Å². The van der Waals surface area contributed by atoms with E-state index in [9.17, 15) is 5.11 Å². The van der Waals surface area contributed by atoms with Crippen LogP contribution in [-0.2, 0) is 0 Å². The molecule has 0 aromatic heterocycles. The van der Waals surface area contributed by atoms with E-state index in [4.69, 9.17) is 21.1 Å². The van der Waals surface area contributed by atoms with Crippen molar-refractivity contribution in [3.63, 3.8) is 0 Å². The van der Waals surface area contributed by atoms with E-state index >= 15 is 0 Å². The van der Waals surface area contributed by atoms with Gasteiger partial charge in [0.15, 0.2) is 11.5 Å². The maximum atomic E-state index is 10.1. The number of aromatic hydroxyl groups is 1. The Morgan fingerprint density at radius 1 is 1.09 bits per heavy atom. The first kappa shape index (κ1) is 16.2. The molecule has 22 heavy (non-hydrogen) atoms. The van der Waals surface area contributed by atoms with Crippen LogP contribution in [0.1, 0.15) is 16.7 Å². The summed E-state index contributed by atoms with van der Waals surface area (Å²) in [4.78, 5) is 4.37. The number of rotatable bonds is 4. The van der Waals surface area contributed by atoms with Crippen LogP contribution in [0.5, 0.6) is 17.2 Å². The molecular formula is C17H18ClNO3. The Morgan fingerprint density at radius 2 is 1.77 bits per heavy atom. The van der Waals surface area contributed by atoms with Crippen molar-refractivity contribution in [1.29, 1.82) is 0 Å². The van der Waals surface area contributed by atoms with Gasteiger partial charge in [-0.05, 0) is 43.2 Å².